The molecule has 1 aliphatic rings. The van der Waals surface area contributed by atoms with Crippen LogP contribution in [0.4, 0.5) is 0 Å². The summed E-state index contributed by atoms with van der Waals surface area (Å²) in [6, 6.07) is 0.0222. The van der Waals surface area contributed by atoms with E-state index in [0.717, 1.165) is 19.5 Å². The van der Waals surface area contributed by atoms with Crippen LogP contribution in [0.1, 0.15) is 26.3 Å². The number of likely N-dealkylation sites (N-methyl/N-ethyl adjacent to an activating group) is 1. The van der Waals surface area contributed by atoms with Gasteiger partial charge in [-0.05, 0) is 32.9 Å². The normalized spacial score (nSPS) is 26.1. The molecule has 6 nitrogen and oxygen atoms in total. The minimum Gasteiger partial charge on any atom is -0.341 e. The van der Waals surface area contributed by atoms with Crippen molar-refractivity contribution in [3.05, 3.63) is 12.7 Å². The monoisotopic (exact) mass is 265 g/mol. The molecule has 0 spiro atoms. The van der Waals surface area contributed by atoms with Crippen LogP contribution in [0, 0.1) is 5.92 Å². The first-order valence-corrected chi connectivity index (χ1v) is 6.80. The quantitative estimate of drug-likeness (QED) is 0.805. The number of carbonyl (C=O) groups is 1. The van der Waals surface area contributed by atoms with Crippen LogP contribution in [0.3, 0.4) is 0 Å². The molecule has 0 saturated carbocycles. The maximum Gasteiger partial charge on any atom is 0.247 e. The zero-order valence-corrected chi connectivity index (χ0v) is 12.2. The van der Waals surface area contributed by atoms with Crippen LogP contribution in [0.25, 0.3) is 0 Å². The molecule has 1 aliphatic heterocycles. The van der Waals surface area contributed by atoms with Gasteiger partial charge >= 0.3 is 0 Å². The van der Waals surface area contributed by atoms with Gasteiger partial charge in [0.15, 0.2) is 0 Å². The van der Waals surface area contributed by atoms with Crippen LogP contribution in [-0.2, 0) is 4.79 Å². The third-order valence-electron chi connectivity index (χ3n) is 4.10. The fraction of sp³-hybridized carbons (Fsp3) is 0.769. The molecule has 1 aromatic heterocycles. The van der Waals surface area contributed by atoms with Gasteiger partial charge in [-0.25, -0.2) is 9.67 Å². The molecule has 1 amide bonds. The number of nitrogens with zero attached hydrogens (tertiary/aromatic N) is 5. The van der Waals surface area contributed by atoms with E-state index in [1.165, 1.54) is 6.33 Å². The second-order valence-corrected chi connectivity index (χ2v) is 5.60. The molecule has 0 bridgehead atoms. The molecule has 0 radical (unpaired) electrons. The number of hydrogen-bond donors (Lipinski definition) is 0. The molecular formula is C13H23N5O. The van der Waals surface area contributed by atoms with Crippen molar-refractivity contribution in [2.24, 2.45) is 5.92 Å². The number of likely N-dealkylation sites (tertiary alicyclic amines) is 1. The van der Waals surface area contributed by atoms with E-state index in [9.17, 15) is 4.79 Å². The van der Waals surface area contributed by atoms with E-state index in [-0.39, 0.29) is 11.9 Å². The van der Waals surface area contributed by atoms with Crippen LogP contribution in [0.5, 0.6) is 0 Å². The number of amides is 1. The summed E-state index contributed by atoms with van der Waals surface area (Å²) < 4.78 is 1.61. The van der Waals surface area contributed by atoms with Gasteiger partial charge in [-0.15, -0.1) is 0 Å². The van der Waals surface area contributed by atoms with Gasteiger partial charge in [-0.3, -0.25) is 4.79 Å². The van der Waals surface area contributed by atoms with Crippen molar-refractivity contribution in [2.45, 2.75) is 32.4 Å². The van der Waals surface area contributed by atoms with Gasteiger partial charge in [0, 0.05) is 19.6 Å². The predicted molar refractivity (Wildman–Crippen MR) is 72.6 cm³/mol. The SMILES string of the molecule is CC1CN(C)CCC1N(C)C(=O)C(C)n1cncn1. The fourth-order valence-electron chi connectivity index (χ4n) is 2.91. The van der Waals surface area contributed by atoms with E-state index in [2.05, 4.69) is 29.0 Å². The lowest BCUT2D eigenvalue weighted by Gasteiger charge is -2.40. The van der Waals surface area contributed by atoms with Gasteiger partial charge in [-0.2, -0.15) is 5.10 Å². The van der Waals surface area contributed by atoms with E-state index >= 15 is 0 Å². The topological polar surface area (TPSA) is 54.3 Å². The first-order valence-electron chi connectivity index (χ1n) is 6.80. The number of piperidine rings is 1. The van der Waals surface area contributed by atoms with Crippen molar-refractivity contribution in [2.75, 3.05) is 27.2 Å². The summed E-state index contributed by atoms with van der Waals surface area (Å²) in [4.78, 5) is 20.6. The van der Waals surface area contributed by atoms with Crippen LogP contribution in [-0.4, -0.2) is 63.7 Å². The summed E-state index contributed by atoms with van der Waals surface area (Å²) in [5.74, 6) is 0.600. The lowest BCUT2D eigenvalue weighted by Crippen LogP contribution is -2.51. The third kappa shape index (κ3) is 2.94. The Morgan fingerprint density at radius 1 is 1.53 bits per heavy atom. The summed E-state index contributed by atoms with van der Waals surface area (Å²) in [5, 5.41) is 4.05. The first-order chi connectivity index (χ1) is 9.00. The summed E-state index contributed by atoms with van der Waals surface area (Å²) in [6.45, 7) is 6.17. The molecule has 1 aromatic rings. The first kappa shape index (κ1) is 14.0. The maximum atomic E-state index is 12.5. The van der Waals surface area contributed by atoms with Crippen molar-refractivity contribution in [3.63, 3.8) is 0 Å². The highest BCUT2D eigenvalue weighted by Gasteiger charge is 2.32. The highest BCUT2D eigenvalue weighted by molar-refractivity contribution is 5.80. The van der Waals surface area contributed by atoms with Crippen molar-refractivity contribution in [3.8, 4) is 0 Å². The second-order valence-electron chi connectivity index (χ2n) is 5.60. The van der Waals surface area contributed by atoms with Crippen molar-refractivity contribution >= 4 is 5.91 Å². The van der Waals surface area contributed by atoms with Crippen molar-refractivity contribution in [1.82, 2.24) is 24.6 Å². The lowest BCUT2D eigenvalue weighted by molar-refractivity contribution is -0.137. The van der Waals surface area contributed by atoms with Gasteiger partial charge < -0.3 is 9.80 Å². The Hall–Kier alpha value is -1.43. The molecule has 0 aliphatic carbocycles. The highest BCUT2D eigenvalue weighted by atomic mass is 16.2. The third-order valence-corrected chi connectivity index (χ3v) is 4.10. The molecule has 3 unspecified atom stereocenters. The standard InChI is InChI=1S/C13H23N5O/c1-10-7-16(3)6-5-12(10)17(4)13(19)11(2)18-9-14-8-15-18/h8-12H,5-7H2,1-4H3. The van der Waals surface area contributed by atoms with E-state index < -0.39 is 0 Å². The van der Waals surface area contributed by atoms with E-state index in [4.69, 9.17) is 0 Å². The van der Waals surface area contributed by atoms with Crippen LogP contribution < -0.4 is 0 Å². The highest BCUT2D eigenvalue weighted by Crippen LogP contribution is 2.22. The minimum absolute atomic E-state index is 0.104. The molecule has 0 aromatic carbocycles. The van der Waals surface area contributed by atoms with Crippen molar-refractivity contribution in [1.29, 1.82) is 0 Å². The second kappa shape index (κ2) is 5.69. The number of aromatic nitrogens is 3. The average molecular weight is 265 g/mol. The number of rotatable bonds is 3. The largest absolute Gasteiger partial charge is 0.341 e. The summed E-state index contributed by atoms with van der Waals surface area (Å²) in [5.41, 5.74) is 0. The fourth-order valence-corrected chi connectivity index (χ4v) is 2.91. The Labute approximate surface area is 114 Å². The molecule has 1 saturated heterocycles. The molecule has 6 heteroatoms. The molecular weight excluding hydrogens is 242 g/mol. The minimum atomic E-state index is -0.292. The summed E-state index contributed by atoms with van der Waals surface area (Å²) in [7, 11) is 4.04. The zero-order chi connectivity index (χ0) is 14.0. The Morgan fingerprint density at radius 2 is 2.26 bits per heavy atom. The number of hydrogen-bond acceptors (Lipinski definition) is 4. The Morgan fingerprint density at radius 3 is 2.84 bits per heavy atom. The Balaban J connectivity index is 2.02. The van der Waals surface area contributed by atoms with Gasteiger partial charge in [0.2, 0.25) is 5.91 Å². The molecule has 3 atom stereocenters. The van der Waals surface area contributed by atoms with Crippen LogP contribution in [0.15, 0.2) is 12.7 Å². The smallest absolute Gasteiger partial charge is 0.247 e. The van der Waals surface area contributed by atoms with Gasteiger partial charge in [-0.1, -0.05) is 6.92 Å². The van der Waals surface area contributed by atoms with E-state index in [1.54, 1.807) is 11.0 Å². The Kier molecular flexibility index (Phi) is 4.19. The summed E-state index contributed by atoms with van der Waals surface area (Å²) in [6.07, 6.45) is 4.08. The maximum absolute atomic E-state index is 12.5. The van der Waals surface area contributed by atoms with Crippen LogP contribution >= 0.6 is 0 Å². The molecule has 0 N–H and O–H groups in total. The zero-order valence-electron chi connectivity index (χ0n) is 12.2. The van der Waals surface area contributed by atoms with Gasteiger partial charge in [0.1, 0.15) is 18.7 Å². The van der Waals surface area contributed by atoms with E-state index in [0.29, 0.717) is 12.0 Å². The molecule has 19 heavy (non-hydrogen) atoms. The average Bonchev–Trinajstić information content (AvgIpc) is 2.90. The van der Waals surface area contributed by atoms with Gasteiger partial charge in [0.05, 0.1) is 0 Å². The predicted octanol–water partition coefficient (Wildman–Crippen LogP) is 0.638. The molecule has 2 heterocycles. The van der Waals surface area contributed by atoms with Gasteiger partial charge in [0.25, 0.3) is 0 Å². The molecule has 106 valence electrons. The lowest BCUT2D eigenvalue weighted by atomic mass is 9.92. The van der Waals surface area contributed by atoms with E-state index in [1.807, 2.05) is 18.9 Å². The number of carbonyl (C=O) groups excluding carboxylic acids is 1. The Bertz CT molecular complexity index is 419. The van der Waals surface area contributed by atoms with Crippen LogP contribution in [0.2, 0.25) is 0 Å². The molecule has 2 rings (SSSR count). The summed E-state index contributed by atoms with van der Waals surface area (Å²) >= 11 is 0. The van der Waals surface area contributed by atoms with Crippen molar-refractivity contribution < 1.29 is 4.79 Å². The molecule has 1 fully saturated rings.